The lowest BCUT2D eigenvalue weighted by molar-refractivity contribution is -0.148. The van der Waals surface area contributed by atoms with E-state index in [1.54, 1.807) is 0 Å². The molecule has 102 valence electrons. The third-order valence-corrected chi connectivity index (χ3v) is 3.47. The van der Waals surface area contributed by atoms with Crippen LogP contribution in [-0.2, 0) is 16.1 Å². The van der Waals surface area contributed by atoms with Gasteiger partial charge in [-0.25, -0.2) is 0 Å². The number of esters is 1. The molecule has 1 atom stereocenters. The Balaban J connectivity index is 2.12. The lowest BCUT2D eigenvalue weighted by Crippen LogP contribution is -2.20. The molecule has 1 N–H and O–H groups in total. The second kappa shape index (κ2) is 6.53. The van der Waals surface area contributed by atoms with E-state index in [1.807, 2.05) is 31.2 Å². The third kappa shape index (κ3) is 3.44. The molecule has 0 aliphatic heterocycles. The molecule has 3 heteroatoms. The molecule has 1 aliphatic rings. The number of carbonyl (C=O) groups is 1. The highest BCUT2D eigenvalue weighted by Crippen LogP contribution is 2.32. The van der Waals surface area contributed by atoms with E-state index < -0.39 is 0 Å². The van der Waals surface area contributed by atoms with Crippen molar-refractivity contribution in [2.24, 2.45) is 5.92 Å². The van der Waals surface area contributed by atoms with Crippen LogP contribution in [0.15, 0.2) is 30.3 Å². The topological polar surface area (TPSA) is 46.5 Å². The van der Waals surface area contributed by atoms with Crippen molar-refractivity contribution in [1.29, 1.82) is 0 Å². The molecule has 1 aromatic carbocycles. The monoisotopic (exact) mass is 260 g/mol. The van der Waals surface area contributed by atoms with Gasteiger partial charge in [-0.2, -0.15) is 0 Å². The fourth-order valence-corrected chi connectivity index (χ4v) is 2.48. The van der Waals surface area contributed by atoms with Gasteiger partial charge in [-0.05, 0) is 49.0 Å². The minimum atomic E-state index is -0.0913. The van der Waals surface area contributed by atoms with E-state index in [0.717, 1.165) is 30.4 Å². The number of aliphatic hydroxyl groups is 1. The molecule has 19 heavy (non-hydrogen) atoms. The second-order valence-corrected chi connectivity index (χ2v) is 4.82. The Hall–Kier alpha value is -1.61. The van der Waals surface area contributed by atoms with Crippen LogP contribution in [0.1, 0.15) is 37.3 Å². The number of carbonyl (C=O) groups excluding carboxylic acids is 1. The first-order chi connectivity index (χ1) is 9.24. The first-order valence-corrected chi connectivity index (χ1v) is 6.80. The average Bonchev–Trinajstić information content (AvgIpc) is 2.48. The summed E-state index contributed by atoms with van der Waals surface area (Å²) in [6, 6.07) is 7.85. The Morgan fingerprint density at radius 1 is 1.47 bits per heavy atom. The van der Waals surface area contributed by atoms with Crippen molar-refractivity contribution >= 4 is 11.5 Å². The maximum atomic E-state index is 11.8. The van der Waals surface area contributed by atoms with Crippen LogP contribution in [0.2, 0.25) is 0 Å². The van der Waals surface area contributed by atoms with Gasteiger partial charge < -0.3 is 9.84 Å². The number of benzene rings is 1. The van der Waals surface area contributed by atoms with Crippen molar-refractivity contribution in [3.63, 3.8) is 0 Å². The molecule has 1 unspecified atom stereocenters. The zero-order valence-electron chi connectivity index (χ0n) is 11.3. The Kier molecular flexibility index (Phi) is 4.74. The second-order valence-electron chi connectivity index (χ2n) is 4.82. The first kappa shape index (κ1) is 13.8. The van der Waals surface area contributed by atoms with Crippen molar-refractivity contribution in [1.82, 2.24) is 0 Å². The zero-order valence-corrected chi connectivity index (χ0v) is 11.3. The average molecular weight is 260 g/mol. The summed E-state index contributed by atoms with van der Waals surface area (Å²) in [5, 5.41) is 9.18. The summed E-state index contributed by atoms with van der Waals surface area (Å²) >= 11 is 0. The van der Waals surface area contributed by atoms with Gasteiger partial charge in [0.05, 0.1) is 19.1 Å². The lowest BCUT2D eigenvalue weighted by atomic mass is 9.85. The van der Waals surface area contributed by atoms with E-state index in [9.17, 15) is 9.90 Å². The van der Waals surface area contributed by atoms with Crippen LogP contribution < -0.4 is 0 Å². The number of ether oxygens (including phenoxy) is 1. The Morgan fingerprint density at radius 2 is 2.32 bits per heavy atom. The van der Waals surface area contributed by atoms with Crippen LogP contribution in [-0.4, -0.2) is 17.7 Å². The largest absolute Gasteiger partial charge is 0.466 e. The van der Waals surface area contributed by atoms with Gasteiger partial charge in [0.2, 0.25) is 0 Å². The molecule has 0 saturated carbocycles. The molecule has 0 fully saturated rings. The standard InChI is InChI=1S/C16H20O3/c1-2-19-16(18)15-8-4-7-14(10-15)13-6-3-5-12(9-13)11-17/h3,5-7,9,15,17H,2,4,8,10-11H2,1H3. The van der Waals surface area contributed by atoms with Gasteiger partial charge in [-0.3, -0.25) is 4.79 Å². The molecule has 0 radical (unpaired) electrons. The smallest absolute Gasteiger partial charge is 0.309 e. The van der Waals surface area contributed by atoms with Gasteiger partial charge in [-0.15, -0.1) is 0 Å². The highest BCUT2D eigenvalue weighted by atomic mass is 16.5. The van der Waals surface area contributed by atoms with E-state index in [0.29, 0.717) is 6.61 Å². The molecule has 3 nitrogen and oxygen atoms in total. The Labute approximate surface area is 113 Å². The summed E-state index contributed by atoms with van der Waals surface area (Å²) in [6.45, 7) is 2.32. The summed E-state index contributed by atoms with van der Waals surface area (Å²) in [7, 11) is 0. The maximum absolute atomic E-state index is 11.8. The molecular formula is C16H20O3. The molecule has 0 aromatic heterocycles. The highest BCUT2D eigenvalue weighted by molar-refractivity contribution is 5.78. The first-order valence-electron chi connectivity index (χ1n) is 6.80. The van der Waals surface area contributed by atoms with Crippen molar-refractivity contribution in [2.75, 3.05) is 6.61 Å². The molecule has 0 bridgehead atoms. The third-order valence-electron chi connectivity index (χ3n) is 3.47. The van der Waals surface area contributed by atoms with Crippen LogP contribution in [0.4, 0.5) is 0 Å². The van der Waals surface area contributed by atoms with Crippen LogP contribution >= 0.6 is 0 Å². The fraction of sp³-hybridized carbons (Fsp3) is 0.438. The molecule has 0 saturated heterocycles. The Bertz CT molecular complexity index is 477. The van der Waals surface area contributed by atoms with Gasteiger partial charge >= 0.3 is 5.97 Å². The van der Waals surface area contributed by atoms with Gasteiger partial charge in [0.15, 0.2) is 0 Å². The lowest BCUT2D eigenvalue weighted by Gasteiger charge is -2.21. The zero-order chi connectivity index (χ0) is 13.7. The number of aliphatic hydroxyl groups excluding tert-OH is 1. The molecule has 1 aromatic rings. The van der Waals surface area contributed by atoms with Crippen molar-refractivity contribution in [3.8, 4) is 0 Å². The molecule has 0 spiro atoms. The van der Waals surface area contributed by atoms with Crippen molar-refractivity contribution < 1.29 is 14.6 Å². The Morgan fingerprint density at radius 3 is 3.05 bits per heavy atom. The molecule has 0 heterocycles. The van der Waals surface area contributed by atoms with Crippen molar-refractivity contribution in [3.05, 3.63) is 41.5 Å². The minimum absolute atomic E-state index is 0.0299. The van der Waals surface area contributed by atoms with Gasteiger partial charge in [0, 0.05) is 0 Å². The van der Waals surface area contributed by atoms with Crippen LogP contribution in [0.25, 0.3) is 5.57 Å². The highest BCUT2D eigenvalue weighted by Gasteiger charge is 2.24. The minimum Gasteiger partial charge on any atom is -0.466 e. The number of rotatable bonds is 4. The van der Waals surface area contributed by atoms with Crippen LogP contribution in [0, 0.1) is 5.92 Å². The predicted molar refractivity (Wildman–Crippen MR) is 74.3 cm³/mol. The van der Waals surface area contributed by atoms with Crippen LogP contribution in [0.5, 0.6) is 0 Å². The maximum Gasteiger partial charge on any atom is 0.309 e. The predicted octanol–water partition coefficient (Wildman–Crippen LogP) is 2.93. The molecule has 0 amide bonds. The van der Waals surface area contributed by atoms with E-state index in [4.69, 9.17) is 4.74 Å². The molecular weight excluding hydrogens is 240 g/mol. The van der Waals surface area contributed by atoms with Crippen LogP contribution in [0.3, 0.4) is 0 Å². The quantitative estimate of drug-likeness (QED) is 0.847. The summed E-state index contributed by atoms with van der Waals surface area (Å²) in [5.41, 5.74) is 3.18. The van der Waals surface area contributed by atoms with E-state index in [1.165, 1.54) is 5.57 Å². The summed E-state index contributed by atoms with van der Waals surface area (Å²) in [4.78, 5) is 11.8. The van der Waals surface area contributed by atoms with Gasteiger partial charge in [0.1, 0.15) is 0 Å². The summed E-state index contributed by atoms with van der Waals surface area (Å²) < 4.78 is 5.10. The number of allylic oxidation sites excluding steroid dienone is 2. The normalized spacial score (nSPS) is 18.8. The van der Waals surface area contributed by atoms with Gasteiger partial charge in [-0.1, -0.05) is 24.3 Å². The van der Waals surface area contributed by atoms with E-state index >= 15 is 0 Å². The molecule has 1 aliphatic carbocycles. The summed E-state index contributed by atoms with van der Waals surface area (Å²) in [5.74, 6) is -0.121. The van der Waals surface area contributed by atoms with Gasteiger partial charge in [0.25, 0.3) is 0 Å². The summed E-state index contributed by atoms with van der Waals surface area (Å²) in [6.07, 6.45) is 4.68. The SMILES string of the molecule is CCOC(=O)C1CCC=C(c2cccc(CO)c2)C1. The number of hydrogen-bond acceptors (Lipinski definition) is 3. The molecule has 2 rings (SSSR count). The van der Waals surface area contributed by atoms with E-state index in [-0.39, 0.29) is 18.5 Å². The van der Waals surface area contributed by atoms with Crippen molar-refractivity contribution in [2.45, 2.75) is 32.8 Å². The van der Waals surface area contributed by atoms with E-state index in [2.05, 4.69) is 6.08 Å². The number of hydrogen-bond donors (Lipinski definition) is 1. The fourth-order valence-electron chi connectivity index (χ4n) is 2.48.